The SMILES string of the molecule is N=C1CCCN1CCc1cccnc1. The van der Waals surface area contributed by atoms with Crippen LogP contribution in [0.1, 0.15) is 18.4 Å². The zero-order chi connectivity index (χ0) is 9.80. The maximum Gasteiger partial charge on any atom is 0.0958 e. The Labute approximate surface area is 84.3 Å². The molecule has 1 fully saturated rings. The highest BCUT2D eigenvalue weighted by Gasteiger charge is 2.15. The van der Waals surface area contributed by atoms with Gasteiger partial charge in [-0.2, -0.15) is 0 Å². The zero-order valence-corrected chi connectivity index (χ0v) is 8.24. The van der Waals surface area contributed by atoms with E-state index in [1.165, 1.54) is 5.56 Å². The summed E-state index contributed by atoms with van der Waals surface area (Å²) >= 11 is 0. The van der Waals surface area contributed by atoms with Crippen molar-refractivity contribution in [2.45, 2.75) is 19.3 Å². The van der Waals surface area contributed by atoms with Gasteiger partial charge in [-0.3, -0.25) is 10.4 Å². The van der Waals surface area contributed by atoms with Gasteiger partial charge in [0.25, 0.3) is 0 Å². The molecule has 0 aromatic carbocycles. The van der Waals surface area contributed by atoms with Gasteiger partial charge in [0.2, 0.25) is 0 Å². The fourth-order valence-corrected chi connectivity index (χ4v) is 1.79. The molecule has 0 aliphatic carbocycles. The molecule has 1 aliphatic heterocycles. The van der Waals surface area contributed by atoms with Gasteiger partial charge >= 0.3 is 0 Å². The summed E-state index contributed by atoms with van der Waals surface area (Å²) in [4.78, 5) is 6.24. The Morgan fingerprint density at radius 1 is 1.50 bits per heavy atom. The fraction of sp³-hybridized carbons (Fsp3) is 0.455. The van der Waals surface area contributed by atoms with E-state index >= 15 is 0 Å². The summed E-state index contributed by atoms with van der Waals surface area (Å²) in [7, 11) is 0. The number of nitrogens with zero attached hydrogens (tertiary/aromatic N) is 2. The number of hydrogen-bond donors (Lipinski definition) is 1. The molecule has 2 heterocycles. The Kier molecular flexibility index (Phi) is 2.77. The Balaban J connectivity index is 1.85. The molecule has 0 saturated carbocycles. The van der Waals surface area contributed by atoms with E-state index < -0.39 is 0 Å². The van der Waals surface area contributed by atoms with E-state index in [1.54, 1.807) is 6.20 Å². The van der Waals surface area contributed by atoms with Crippen LogP contribution in [-0.4, -0.2) is 28.8 Å². The van der Waals surface area contributed by atoms with Crippen molar-refractivity contribution in [2.24, 2.45) is 0 Å². The molecule has 3 nitrogen and oxygen atoms in total. The first-order chi connectivity index (χ1) is 6.86. The van der Waals surface area contributed by atoms with Crippen molar-refractivity contribution in [3.63, 3.8) is 0 Å². The fourth-order valence-electron chi connectivity index (χ4n) is 1.79. The lowest BCUT2D eigenvalue weighted by Gasteiger charge is -2.17. The highest BCUT2D eigenvalue weighted by atomic mass is 15.2. The second-order valence-electron chi connectivity index (χ2n) is 3.65. The van der Waals surface area contributed by atoms with Crippen molar-refractivity contribution >= 4 is 5.84 Å². The first-order valence-electron chi connectivity index (χ1n) is 5.07. The Morgan fingerprint density at radius 2 is 2.43 bits per heavy atom. The summed E-state index contributed by atoms with van der Waals surface area (Å²) in [6.45, 7) is 2.02. The molecule has 0 unspecified atom stereocenters. The van der Waals surface area contributed by atoms with Crippen LogP contribution in [0.3, 0.4) is 0 Å². The molecule has 14 heavy (non-hydrogen) atoms. The molecule has 74 valence electrons. The van der Waals surface area contributed by atoms with Gasteiger partial charge in [-0.25, -0.2) is 0 Å². The molecular weight excluding hydrogens is 174 g/mol. The number of rotatable bonds is 3. The summed E-state index contributed by atoms with van der Waals surface area (Å²) in [5.41, 5.74) is 1.26. The highest BCUT2D eigenvalue weighted by molar-refractivity contribution is 5.80. The van der Waals surface area contributed by atoms with Crippen molar-refractivity contribution in [1.29, 1.82) is 5.41 Å². The van der Waals surface area contributed by atoms with Crippen LogP contribution in [-0.2, 0) is 6.42 Å². The van der Waals surface area contributed by atoms with Crippen LogP contribution < -0.4 is 0 Å². The molecule has 1 aromatic rings. The van der Waals surface area contributed by atoms with E-state index in [4.69, 9.17) is 5.41 Å². The van der Waals surface area contributed by atoms with Crippen LogP contribution in [0, 0.1) is 5.41 Å². The summed E-state index contributed by atoms with van der Waals surface area (Å²) in [5, 5.41) is 7.68. The topological polar surface area (TPSA) is 40.0 Å². The van der Waals surface area contributed by atoms with Crippen molar-refractivity contribution in [3.05, 3.63) is 30.1 Å². The number of nitrogens with one attached hydrogen (secondary N) is 1. The van der Waals surface area contributed by atoms with Crippen molar-refractivity contribution in [2.75, 3.05) is 13.1 Å². The average Bonchev–Trinajstić information content (AvgIpc) is 2.63. The minimum absolute atomic E-state index is 0.800. The summed E-state index contributed by atoms with van der Waals surface area (Å²) in [6, 6.07) is 4.05. The van der Waals surface area contributed by atoms with Gasteiger partial charge in [0, 0.05) is 31.9 Å². The summed E-state index contributed by atoms with van der Waals surface area (Å²) in [6.07, 6.45) is 6.79. The molecule has 0 atom stereocenters. The lowest BCUT2D eigenvalue weighted by Crippen LogP contribution is -2.26. The Hall–Kier alpha value is -1.38. The first-order valence-corrected chi connectivity index (χ1v) is 5.07. The van der Waals surface area contributed by atoms with Gasteiger partial charge in [0.1, 0.15) is 0 Å². The van der Waals surface area contributed by atoms with Crippen molar-refractivity contribution < 1.29 is 0 Å². The van der Waals surface area contributed by atoms with E-state index in [0.717, 1.165) is 38.2 Å². The van der Waals surface area contributed by atoms with Crippen molar-refractivity contribution in [1.82, 2.24) is 9.88 Å². The number of amidine groups is 1. The van der Waals surface area contributed by atoms with Crippen molar-refractivity contribution in [3.8, 4) is 0 Å². The van der Waals surface area contributed by atoms with E-state index in [0.29, 0.717) is 0 Å². The van der Waals surface area contributed by atoms with E-state index in [-0.39, 0.29) is 0 Å². The minimum Gasteiger partial charge on any atom is -0.360 e. The van der Waals surface area contributed by atoms with E-state index in [1.807, 2.05) is 12.3 Å². The molecule has 0 radical (unpaired) electrons. The number of likely N-dealkylation sites (tertiary alicyclic amines) is 1. The molecule has 1 N–H and O–H groups in total. The molecule has 1 aliphatic rings. The predicted octanol–water partition coefficient (Wildman–Crippen LogP) is 1.70. The molecule has 1 saturated heterocycles. The third-order valence-electron chi connectivity index (χ3n) is 2.62. The predicted molar refractivity (Wildman–Crippen MR) is 56.5 cm³/mol. The van der Waals surface area contributed by atoms with Crippen LogP contribution in [0.4, 0.5) is 0 Å². The van der Waals surface area contributed by atoms with E-state index in [9.17, 15) is 0 Å². The second-order valence-corrected chi connectivity index (χ2v) is 3.65. The highest BCUT2D eigenvalue weighted by Crippen LogP contribution is 2.10. The largest absolute Gasteiger partial charge is 0.360 e. The lowest BCUT2D eigenvalue weighted by molar-refractivity contribution is 0.455. The first kappa shape index (κ1) is 9.19. The van der Waals surface area contributed by atoms with Crippen LogP contribution in [0.25, 0.3) is 0 Å². The number of hydrogen-bond acceptors (Lipinski definition) is 2. The van der Waals surface area contributed by atoms with Crippen LogP contribution in [0.2, 0.25) is 0 Å². The normalized spacial score (nSPS) is 16.3. The number of aromatic nitrogens is 1. The summed E-state index contributed by atoms with van der Waals surface area (Å²) in [5.74, 6) is 0.800. The number of pyridine rings is 1. The van der Waals surface area contributed by atoms with Gasteiger partial charge in [-0.15, -0.1) is 0 Å². The quantitative estimate of drug-likeness (QED) is 0.786. The minimum atomic E-state index is 0.800. The molecule has 3 heteroatoms. The molecule has 0 amide bonds. The summed E-state index contributed by atoms with van der Waals surface area (Å²) < 4.78 is 0. The molecule has 1 aromatic heterocycles. The maximum absolute atomic E-state index is 7.68. The smallest absolute Gasteiger partial charge is 0.0958 e. The van der Waals surface area contributed by atoms with E-state index in [2.05, 4.69) is 16.0 Å². The third-order valence-corrected chi connectivity index (χ3v) is 2.62. The van der Waals surface area contributed by atoms with Crippen LogP contribution >= 0.6 is 0 Å². The Morgan fingerprint density at radius 3 is 3.07 bits per heavy atom. The van der Waals surface area contributed by atoms with Gasteiger partial charge < -0.3 is 4.90 Å². The van der Waals surface area contributed by atoms with Gasteiger partial charge in [-0.1, -0.05) is 6.07 Å². The van der Waals surface area contributed by atoms with Crippen LogP contribution in [0.15, 0.2) is 24.5 Å². The standard InChI is InChI=1S/C11H15N3/c12-11-4-2-7-14(11)8-5-10-3-1-6-13-9-10/h1,3,6,9,12H,2,4-5,7-8H2. The van der Waals surface area contributed by atoms with Gasteiger partial charge in [0.05, 0.1) is 5.84 Å². The van der Waals surface area contributed by atoms with Crippen LogP contribution in [0.5, 0.6) is 0 Å². The third kappa shape index (κ3) is 2.10. The molecule has 2 rings (SSSR count). The maximum atomic E-state index is 7.68. The average molecular weight is 189 g/mol. The monoisotopic (exact) mass is 189 g/mol. The lowest BCUT2D eigenvalue weighted by atomic mass is 10.2. The molecule has 0 spiro atoms. The zero-order valence-electron chi connectivity index (χ0n) is 8.24. The van der Waals surface area contributed by atoms with Gasteiger partial charge in [-0.05, 0) is 24.5 Å². The molecule has 0 bridgehead atoms. The molecular formula is C11H15N3. The van der Waals surface area contributed by atoms with Gasteiger partial charge in [0.15, 0.2) is 0 Å². The second kappa shape index (κ2) is 4.22. The Bertz CT molecular complexity index is 308.